The quantitative estimate of drug-likeness (QED) is 0.505. The van der Waals surface area contributed by atoms with Crippen molar-refractivity contribution in [2.24, 2.45) is 4.99 Å². The third-order valence-electron chi connectivity index (χ3n) is 5.47. The summed E-state index contributed by atoms with van der Waals surface area (Å²) in [5.41, 5.74) is 3.75. The van der Waals surface area contributed by atoms with Crippen LogP contribution in [0.15, 0.2) is 54.0 Å². The molecule has 2 aromatic carbocycles. The van der Waals surface area contributed by atoms with E-state index in [1.54, 1.807) is 50.6 Å². The normalized spacial score (nSPS) is 13.7. The second-order valence-corrected chi connectivity index (χ2v) is 7.30. The molecule has 0 fully saturated rings. The molecule has 4 rings (SSSR count). The van der Waals surface area contributed by atoms with Crippen LogP contribution in [-0.2, 0) is 19.5 Å². The molecule has 0 saturated heterocycles. The third-order valence-corrected chi connectivity index (χ3v) is 5.47. The third kappa shape index (κ3) is 4.33. The molecule has 8 heteroatoms. The second kappa shape index (κ2) is 9.07. The minimum absolute atomic E-state index is 0.291. The lowest BCUT2D eigenvalue weighted by molar-refractivity contribution is 0.346. The lowest BCUT2D eigenvalue weighted by Gasteiger charge is -2.32. The predicted octanol–water partition coefficient (Wildman–Crippen LogP) is 3.16. The summed E-state index contributed by atoms with van der Waals surface area (Å²) in [5.74, 6) is 1.96. The maximum absolute atomic E-state index is 14.5. The summed E-state index contributed by atoms with van der Waals surface area (Å²) in [6, 6.07) is 9.28. The molecule has 1 aliphatic rings. The molecule has 7 nitrogen and oxygen atoms in total. The summed E-state index contributed by atoms with van der Waals surface area (Å²) in [5, 5.41) is 3.35. The zero-order valence-electron chi connectivity index (χ0n) is 17.9. The maximum Gasteiger partial charge on any atom is 0.194 e. The van der Waals surface area contributed by atoms with E-state index in [-0.39, 0.29) is 5.82 Å². The fraction of sp³-hybridized carbons (Fsp3) is 0.304. The van der Waals surface area contributed by atoms with Crippen LogP contribution in [0.4, 0.5) is 4.39 Å². The molecule has 3 aromatic rings. The van der Waals surface area contributed by atoms with Gasteiger partial charge in [-0.25, -0.2) is 9.37 Å². The lowest BCUT2D eigenvalue weighted by Crippen LogP contribution is -2.43. The molecule has 0 bridgehead atoms. The Balaban J connectivity index is 1.44. The molecule has 1 aliphatic heterocycles. The van der Waals surface area contributed by atoms with Gasteiger partial charge in [0.05, 0.1) is 26.2 Å². The molecule has 2 heterocycles. The van der Waals surface area contributed by atoms with Gasteiger partial charge >= 0.3 is 0 Å². The van der Waals surface area contributed by atoms with E-state index in [0.717, 1.165) is 36.0 Å². The minimum atomic E-state index is -0.291. The van der Waals surface area contributed by atoms with Crippen LogP contribution in [0.2, 0.25) is 0 Å². The van der Waals surface area contributed by atoms with Crippen LogP contribution in [0.25, 0.3) is 5.69 Å². The number of imidazole rings is 1. The highest BCUT2D eigenvalue weighted by atomic mass is 19.1. The van der Waals surface area contributed by atoms with Crippen LogP contribution >= 0.6 is 0 Å². The number of methoxy groups -OCH3 is 2. The Labute approximate surface area is 181 Å². The number of guanidine groups is 1. The van der Waals surface area contributed by atoms with Gasteiger partial charge in [0, 0.05) is 39.1 Å². The van der Waals surface area contributed by atoms with Crippen LogP contribution < -0.4 is 14.8 Å². The summed E-state index contributed by atoms with van der Waals surface area (Å²) >= 11 is 0. The average molecular weight is 423 g/mol. The topological polar surface area (TPSA) is 63.9 Å². The molecule has 0 aliphatic carbocycles. The molecule has 0 unspecified atom stereocenters. The monoisotopic (exact) mass is 423 g/mol. The van der Waals surface area contributed by atoms with E-state index in [0.29, 0.717) is 18.8 Å². The van der Waals surface area contributed by atoms with Crippen molar-refractivity contribution < 1.29 is 13.9 Å². The number of fused-ring (bicyclic) bond motifs is 1. The molecule has 31 heavy (non-hydrogen) atoms. The van der Waals surface area contributed by atoms with Gasteiger partial charge in [-0.3, -0.25) is 4.99 Å². The molecule has 0 radical (unpaired) electrons. The van der Waals surface area contributed by atoms with Gasteiger partial charge in [-0.2, -0.15) is 0 Å². The van der Waals surface area contributed by atoms with Gasteiger partial charge in [-0.05, 0) is 47.4 Å². The maximum atomic E-state index is 14.5. The predicted molar refractivity (Wildman–Crippen MR) is 117 cm³/mol. The van der Waals surface area contributed by atoms with Crippen LogP contribution in [0.3, 0.4) is 0 Å². The highest BCUT2D eigenvalue weighted by Gasteiger charge is 2.21. The summed E-state index contributed by atoms with van der Waals surface area (Å²) in [6.07, 6.45) is 5.81. The molecular weight excluding hydrogens is 397 g/mol. The van der Waals surface area contributed by atoms with Crippen molar-refractivity contribution in [2.45, 2.75) is 19.5 Å². The van der Waals surface area contributed by atoms with Crippen molar-refractivity contribution in [1.82, 2.24) is 19.8 Å². The molecule has 0 atom stereocenters. The number of hydrogen-bond donors (Lipinski definition) is 1. The minimum Gasteiger partial charge on any atom is -0.493 e. The van der Waals surface area contributed by atoms with Gasteiger partial charge in [0.15, 0.2) is 17.5 Å². The number of ether oxygens (including phenoxy) is 2. The Morgan fingerprint density at radius 1 is 1.16 bits per heavy atom. The van der Waals surface area contributed by atoms with Gasteiger partial charge in [0.25, 0.3) is 0 Å². The Bertz CT molecular complexity index is 1080. The smallest absolute Gasteiger partial charge is 0.194 e. The van der Waals surface area contributed by atoms with Crippen LogP contribution in [-0.4, -0.2) is 48.2 Å². The summed E-state index contributed by atoms with van der Waals surface area (Å²) in [7, 11) is 5.05. The van der Waals surface area contributed by atoms with E-state index in [9.17, 15) is 4.39 Å². The first kappa shape index (κ1) is 20.7. The van der Waals surface area contributed by atoms with Crippen molar-refractivity contribution in [3.63, 3.8) is 0 Å². The fourth-order valence-electron chi connectivity index (χ4n) is 3.85. The SMILES string of the molecule is CN=C(NCc1ccc(-n2ccnc2)c(F)c1)N1CCc2cc(OC)c(OC)cc2C1. The van der Waals surface area contributed by atoms with Gasteiger partial charge in [0.1, 0.15) is 5.82 Å². The number of nitrogens with zero attached hydrogens (tertiary/aromatic N) is 4. The first-order chi connectivity index (χ1) is 15.1. The van der Waals surface area contributed by atoms with Crippen LogP contribution in [0, 0.1) is 5.82 Å². The Morgan fingerprint density at radius 3 is 2.58 bits per heavy atom. The number of hydrogen-bond acceptors (Lipinski definition) is 4. The number of halogens is 1. The fourth-order valence-corrected chi connectivity index (χ4v) is 3.85. The number of nitrogens with one attached hydrogen (secondary N) is 1. The zero-order chi connectivity index (χ0) is 21.8. The van der Waals surface area contributed by atoms with E-state index in [1.165, 1.54) is 17.2 Å². The molecule has 162 valence electrons. The number of aliphatic imine (C=N–C) groups is 1. The average Bonchev–Trinajstić information content (AvgIpc) is 3.33. The molecule has 0 amide bonds. The summed E-state index contributed by atoms with van der Waals surface area (Å²) < 4.78 is 27.0. The van der Waals surface area contributed by atoms with Crippen molar-refractivity contribution in [2.75, 3.05) is 27.8 Å². The second-order valence-electron chi connectivity index (χ2n) is 7.30. The number of aromatic nitrogens is 2. The van der Waals surface area contributed by atoms with Crippen molar-refractivity contribution >= 4 is 5.96 Å². The molecule has 1 N–H and O–H groups in total. The Kier molecular flexibility index (Phi) is 6.06. The molecular formula is C23H26FN5O2. The molecule has 0 spiro atoms. The summed E-state index contributed by atoms with van der Waals surface area (Å²) in [6.45, 7) is 2.02. The van der Waals surface area contributed by atoms with Crippen LogP contribution in [0.1, 0.15) is 16.7 Å². The van der Waals surface area contributed by atoms with Crippen molar-refractivity contribution in [3.05, 3.63) is 71.6 Å². The van der Waals surface area contributed by atoms with E-state index < -0.39 is 0 Å². The first-order valence-electron chi connectivity index (χ1n) is 10.1. The summed E-state index contributed by atoms with van der Waals surface area (Å²) in [4.78, 5) is 10.6. The van der Waals surface area contributed by atoms with Crippen molar-refractivity contribution in [1.29, 1.82) is 0 Å². The van der Waals surface area contributed by atoms with E-state index in [4.69, 9.17) is 9.47 Å². The van der Waals surface area contributed by atoms with E-state index in [1.807, 2.05) is 18.2 Å². The van der Waals surface area contributed by atoms with Gasteiger partial charge in [0.2, 0.25) is 0 Å². The van der Waals surface area contributed by atoms with Gasteiger partial charge < -0.3 is 24.3 Å². The van der Waals surface area contributed by atoms with E-state index in [2.05, 4.69) is 20.2 Å². The lowest BCUT2D eigenvalue weighted by atomic mass is 9.99. The zero-order valence-corrected chi connectivity index (χ0v) is 17.9. The van der Waals surface area contributed by atoms with Crippen LogP contribution in [0.5, 0.6) is 11.5 Å². The van der Waals surface area contributed by atoms with Gasteiger partial charge in [-0.1, -0.05) is 6.07 Å². The highest BCUT2D eigenvalue weighted by molar-refractivity contribution is 5.80. The number of benzene rings is 2. The van der Waals surface area contributed by atoms with Gasteiger partial charge in [-0.15, -0.1) is 0 Å². The Hall–Kier alpha value is -3.55. The van der Waals surface area contributed by atoms with Crippen molar-refractivity contribution in [3.8, 4) is 17.2 Å². The largest absolute Gasteiger partial charge is 0.493 e. The molecule has 1 aromatic heterocycles. The standard InChI is InChI=1S/C23H26FN5O2/c1-25-23(27-13-16-4-5-20(19(24)10-16)29-9-7-26-15-29)28-8-6-17-11-21(30-2)22(31-3)12-18(17)14-28/h4-5,7,9-12,15H,6,8,13-14H2,1-3H3,(H,25,27). The Morgan fingerprint density at radius 2 is 1.94 bits per heavy atom. The highest BCUT2D eigenvalue weighted by Crippen LogP contribution is 2.33. The number of rotatable bonds is 5. The molecule has 0 saturated carbocycles. The first-order valence-corrected chi connectivity index (χ1v) is 10.1. The van der Waals surface area contributed by atoms with E-state index >= 15 is 0 Å².